The maximum atomic E-state index is 12.7. The highest BCUT2D eigenvalue weighted by atomic mass is 16.3. The lowest BCUT2D eigenvalue weighted by Crippen LogP contribution is -2.38. The van der Waals surface area contributed by atoms with E-state index >= 15 is 0 Å². The number of aliphatic hydroxyl groups is 1. The Morgan fingerprint density at radius 1 is 1.11 bits per heavy atom. The maximum absolute atomic E-state index is 12.7. The fourth-order valence-electron chi connectivity index (χ4n) is 3.66. The lowest BCUT2D eigenvalue weighted by molar-refractivity contribution is -0.117. The fourth-order valence-corrected chi connectivity index (χ4v) is 3.66. The molecule has 1 fully saturated rings. The molecule has 1 atom stereocenters. The summed E-state index contributed by atoms with van der Waals surface area (Å²) in [6.45, 7) is 1.20. The summed E-state index contributed by atoms with van der Waals surface area (Å²) in [4.78, 5) is 14.7. The highest BCUT2D eigenvalue weighted by Gasteiger charge is 2.26. The molecule has 2 aromatic carbocycles. The lowest BCUT2D eigenvalue weighted by Gasteiger charge is -2.21. The van der Waals surface area contributed by atoms with Gasteiger partial charge in [-0.2, -0.15) is 5.10 Å². The standard InChI is InChI=1S/C22H24N4O2/c27-16-19-12-7-13-25(19)15-22(28)23-21-14-20(17-8-3-1-4-9-17)24-26(21)18-10-5-2-6-11-18/h1-6,8-11,14,19,27H,7,12-13,15-16H2,(H,23,28)/t19-/m0/s1. The summed E-state index contributed by atoms with van der Waals surface area (Å²) in [6.07, 6.45) is 1.95. The molecule has 2 heterocycles. The zero-order chi connectivity index (χ0) is 19.3. The van der Waals surface area contributed by atoms with E-state index in [9.17, 15) is 9.90 Å². The molecule has 0 saturated carbocycles. The lowest BCUT2D eigenvalue weighted by atomic mass is 10.1. The van der Waals surface area contributed by atoms with Crippen LogP contribution in [0.1, 0.15) is 12.8 Å². The van der Waals surface area contributed by atoms with E-state index in [1.807, 2.05) is 71.6 Å². The number of nitrogens with one attached hydrogen (secondary N) is 1. The van der Waals surface area contributed by atoms with Crippen molar-refractivity contribution in [2.24, 2.45) is 0 Å². The van der Waals surface area contributed by atoms with Crippen molar-refractivity contribution in [3.63, 3.8) is 0 Å². The molecule has 2 N–H and O–H groups in total. The van der Waals surface area contributed by atoms with E-state index in [0.29, 0.717) is 5.82 Å². The number of aliphatic hydroxyl groups excluding tert-OH is 1. The first-order valence-corrected chi connectivity index (χ1v) is 9.60. The molecule has 1 saturated heterocycles. The van der Waals surface area contributed by atoms with E-state index < -0.39 is 0 Å². The van der Waals surface area contributed by atoms with Crippen LogP contribution in [0, 0.1) is 0 Å². The number of aromatic nitrogens is 2. The third-order valence-electron chi connectivity index (χ3n) is 5.10. The van der Waals surface area contributed by atoms with Crippen molar-refractivity contribution in [1.29, 1.82) is 0 Å². The number of likely N-dealkylation sites (tertiary alicyclic amines) is 1. The topological polar surface area (TPSA) is 70.4 Å². The monoisotopic (exact) mass is 376 g/mol. The fraction of sp³-hybridized carbons (Fsp3) is 0.273. The Bertz CT molecular complexity index is 924. The minimum absolute atomic E-state index is 0.0738. The second kappa shape index (κ2) is 8.37. The summed E-state index contributed by atoms with van der Waals surface area (Å²) in [7, 11) is 0. The van der Waals surface area contributed by atoms with Crippen molar-refractivity contribution in [2.75, 3.05) is 25.0 Å². The molecular formula is C22H24N4O2. The normalized spacial score (nSPS) is 17.0. The van der Waals surface area contributed by atoms with Crippen LogP contribution in [0.2, 0.25) is 0 Å². The first kappa shape index (κ1) is 18.4. The van der Waals surface area contributed by atoms with Crippen molar-refractivity contribution in [3.8, 4) is 16.9 Å². The van der Waals surface area contributed by atoms with Crippen LogP contribution < -0.4 is 5.32 Å². The minimum Gasteiger partial charge on any atom is -0.395 e. The van der Waals surface area contributed by atoms with Crippen LogP contribution in [0.5, 0.6) is 0 Å². The Morgan fingerprint density at radius 3 is 2.54 bits per heavy atom. The van der Waals surface area contributed by atoms with Gasteiger partial charge in [0.25, 0.3) is 0 Å². The Hall–Kier alpha value is -2.96. The van der Waals surface area contributed by atoms with Crippen LogP contribution in [-0.2, 0) is 4.79 Å². The van der Waals surface area contributed by atoms with Crippen molar-refractivity contribution < 1.29 is 9.90 Å². The van der Waals surface area contributed by atoms with E-state index in [1.54, 1.807) is 4.68 Å². The Balaban J connectivity index is 1.60. The van der Waals surface area contributed by atoms with Crippen molar-refractivity contribution in [3.05, 3.63) is 66.7 Å². The van der Waals surface area contributed by atoms with Gasteiger partial charge in [-0.05, 0) is 31.5 Å². The number of nitrogens with zero attached hydrogens (tertiary/aromatic N) is 3. The van der Waals surface area contributed by atoms with Crippen LogP contribution in [0.3, 0.4) is 0 Å². The second-order valence-corrected chi connectivity index (χ2v) is 7.03. The number of benzene rings is 2. The smallest absolute Gasteiger partial charge is 0.239 e. The predicted molar refractivity (Wildman–Crippen MR) is 109 cm³/mol. The summed E-state index contributed by atoms with van der Waals surface area (Å²) in [5, 5.41) is 17.2. The van der Waals surface area contributed by atoms with Crippen LogP contribution >= 0.6 is 0 Å². The molecule has 3 aromatic rings. The summed E-state index contributed by atoms with van der Waals surface area (Å²) >= 11 is 0. The van der Waals surface area contributed by atoms with Crippen LogP contribution in [-0.4, -0.2) is 51.4 Å². The predicted octanol–water partition coefficient (Wildman–Crippen LogP) is 2.93. The third kappa shape index (κ3) is 3.98. The molecule has 28 heavy (non-hydrogen) atoms. The van der Waals surface area contributed by atoms with Gasteiger partial charge in [0.1, 0.15) is 5.82 Å². The Kier molecular flexibility index (Phi) is 5.50. The number of para-hydroxylation sites is 1. The van der Waals surface area contributed by atoms with Gasteiger partial charge in [0.2, 0.25) is 5.91 Å². The van der Waals surface area contributed by atoms with Gasteiger partial charge in [0, 0.05) is 17.7 Å². The quantitative estimate of drug-likeness (QED) is 0.694. The number of carbonyl (C=O) groups is 1. The number of rotatable bonds is 6. The molecule has 1 aliphatic rings. The van der Waals surface area contributed by atoms with Gasteiger partial charge < -0.3 is 10.4 Å². The number of carbonyl (C=O) groups excluding carboxylic acids is 1. The number of hydrogen-bond donors (Lipinski definition) is 2. The van der Waals surface area contributed by atoms with E-state index in [1.165, 1.54) is 0 Å². The molecule has 0 spiro atoms. The molecule has 6 nitrogen and oxygen atoms in total. The second-order valence-electron chi connectivity index (χ2n) is 7.03. The maximum Gasteiger partial charge on any atom is 0.239 e. The average Bonchev–Trinajstić information content (AvgIpc) is 3.36. The molecule has 0 bridgehead atoms. The van der Waals surface area contributed by atoms with Gasteiger partial charge in [-0.15, -0.1) is 0 Å². The van der Waals surface area contributed by atoms with Gasteiger partial charge in [0.05, 0.1) is 24.5 Å². The van der Waals surface area contributed by atoms with Gasteiger partial charge in [0.15, 0.2) is 0 Å². The first-order chi connectivity index (χ1) is 13.7. The van der Waals surface area contributed by atoms with Gasteiger partial charge in [-0.25, -0.2) is 4.68 Å². The van der Waals surface area contributed by atoms with Crippen molar-refractivity contribution in [2.45, 2.75) is 18.9 Å². The zero-order valence-electron chi connectivity index (χ0n) is 15.7. The van der Waals surface area contributed by atoms with E-state index in [-0.39, 0.29) is 25.1 Å². The molecule has 1 aromatic heterocycles. The van der Waals surface area contributed by atoms with Crippen molar-refractivity contribution >= 4 is 11.7 Å². The van der Waals surface area contributed by atoms with E-state index in [4.69, 9.17) is 5.10 Å². The third-order valence-corrected chi connectivity index (χ3v) is 5.10. The summed E-state index contributed by atoms with van der Waals surface area (Å²) < 4.78 is 1.76. The summed E-state index contributed by atoms with van der Waals surface area (Å²) in [5.74, 6) is 0.534. The Labute approximate surface area is 164 Å². The number of amides is 1. The molecule has 6 heteroatoms. The highest BCUT2D eigenvalue weighted by molar-refractivity contribution is 5.92. The molecule has 1 aliphatic heterocycles. The molecule has 0 radical (unpaired) electrons. The van der Waals surface area contributed by atoms with Gasteiger partial charge >= 0.3 is 0 Å². The minimum atomic E-state index is -0.1000. The van der Waals surface area contributed by atoms with Gasteiger partial charge in [-0.1, -0.05) is 48.5 Å². The van der Waals surface area contributed by atoms with Crippen molar-refractivity contribution in [1.82, 2.24) is 14.7 Å². The molecule has 1 amide bonds. The summed E-state index contributed by atoms with van der Waals surface area (Å²) in [6, 6.07) is 21.6. The SMILES string of the molecule is O=C(CN1CCC[C@H]1CO)Nc1cc(-c2ccccc2)nn1-c1ccccc1. The van der Waals surface area contributed by atoms with Crippen LogP contribution in [0.15, 0.2) is 66.7 Å². The molecule has 144 valence electrons. The van der Waals surface area contributed by atoms with Gasteiger partial charge in [-0.3, -0.25) is 9.69 Å². The molecule has 0 aliphatic carbocycles. The molecular weight excluding hydrogens is 352 g/mol. The van der Waals surface area contributed by atoms with Crippen LogP contribution in [0.4, 0.5) is 5.82 Å². The Morgan fingerprint density at radius 2 is 1.82 bits per heavy atom. The van der Waals surface area contributed by atoms with E-state index in [0.717, 1.165) is 36.3 Å². The molecule has 4 rings (SSSR count). The zero-order valence-corrected chi connectivity index (χ0v) is 15.7. The number of hydrogen-bond acceptors (Lipinski definition) is 4. The van der Waals surface area contributed by atoms with E-state index in [2.05, 4.69) is 5.32 Å². The highest BCUT2D eigenvalue weighted by Crippen LogP contribution is 2.25. The largest absolute Gasteiger partial charge is 0.395 e. The number of anilines is 1. The summed E-state index contributed by atoms with van der Waals surface area (Å²) in [5.41, 5.74) is 2.68. The molecule has 0 unspecified atom stereocenters. The van der Waals surface area contributed by atoms with Crippen LogP contribution in [0.25, 0.3) is 16.9 Å². The average molecular weight is 376 g/mol. The first-order valence-electron chi connectivity index (χ1n) is 9.60.